The average molecular weight is 399 g/mol. The van der Waals surface area contributed by atoms with E-state index in [1.165, 1.54) is 64.9 Å². The second kappa shape index (κ2) is 12.1. The molecule has 164 valence electrons. The van der Waals surface area contributed by atoms with Crippen molar-refractivity contribution in [2.24, 2.45) is 17.8 Å². The fourth-order valence-electron chi connectivity index (χ4n) is 5.45. The van der Waals surface area contributed by atoms with Crippen LogP contribution in [0.25, 0.3) is 0 Å². The van der Waals surface area contributed by atoms with Gasteiger partial charge in [-0.05, 0) is 43.4 Å². The highest BCUT2D eigenvalue weighted by Crippen LogP contribution is 2.39. The van der Waals surface area contributed by atoms with Crippen molar-refractivity contribution < 1.29 is 24.9 Å². The second-order valence-electron chi connectivity index (χ2n) is 9.25. The van der Waals surface area contributed by atoms with Crippen molar-refractivity contribution in [3.63, 3.8) is 0 Å². The van der Waals surface area contributed by atoms with Gasteiger partial charge in [-0.2, -0.15) is 0 Å². The Morgan fingerprint density at radius 3 is 2.29 bits per heavy atom. The summed E-state index contributed by atoms with van der Waals surface area (Å²) in [6, 6.07) is 0. The molecule has 0 spiro atoms. The zero-order valence-corrected chi connectivity index (χ0v) is 17.8. The van der Waals surface area contributed by atoms with Crippen LogP contribution in [0.15, 0.2) is 0 Å². The molecule has 3 N–H and O–H groups in total. The van der Waals surface area contributed by atoms with Crippen LogP contribution in [0.2, 0.25) is 0 Å². The summed E-state index contributed by atoms with van der Waals surface area (Å²) in [6.07, 6.45) is 17.9. The Morgan fingerprint density at radius 2 is 1.64 bits per heavy atom. The van der Waals surface area contributed by atoms with Gasteiger partial charge in [-0.1, -0.05) is 70.6 Å². The van der Waals surface area contributed by atoms with Crippen LogP contribution < -0.4 is 0 Å². The quantitative estimate of drug-likeness (QED) is 0.248. The van der Waals surface area contributed by atoms with Crippen molar-refractivity contribution in [2.45, 2.75) is 115 Å². The molecular weight excluding hydrogens is 356 g/mol. The van der Waals surface area contributed by atoms with E-state index in [1.807, 2.05) is 0 Å². The molecule has 2 rings (SSSR count). The first-order valence-corrected chi connectivity index (χ1v) is 11.6. The van der Waals surface area contributed by atoms with Crippen LogP contribution in [0.3, 0.4) is 0 Å². The van der Waals surface area contributed by atoms with E-state index in [2.05, 4.69) is 0 Å². The number of carboxylic acids is 1. The fourth-order valence-corrected chi connectivity index (χ4v) is 5.45. The summed E-state index contributed by atoms with van der Waals surface area (Å²) in [5.41, 5.74) is 0. The van der Waals surface area contributed by atoms with Crippen LogP contribution in [0, 0.1) is 17.8 Å². The van der Waals surface area contributed by atoms with Gasteiger partial charge in [0.05, 0.1) is 6.10 Å². The molecule has 2 aliphatic rings. The molecular formula is C23H42O5. The Bertz CT molecular complexity index is 446. The number of aliphatic hydroxyl groups is 2. The summed E-state index contributed by atoms with van der Waals surface area (Å²) < 4.78 is 4.73. The first-order valence-electron chi connectivity index (χ1n) is 11.6. The molecule has 0 radical (unpaired) electrons. The number of ether oxygens (including phenoxy) is 1. The SMILES string of the molecule is COC(O)(CCCCC[C@@H]1[C@@H](CCCC2CCCCCC2)CC[C@@H]1O)C(=O)O. The first-order chi connectivity index (χ1) is 13.5. The van der Waals surface area contributed by atoms with Crippen molar-refractivity contribution >= 4 is 5.97 Å². The minimum Gasteiger partial charge on any atom is -0.477 e. The number of methoxy groups -OCH3 is 1. The molecule has 2 fully saturated rings. The number of aliphatic hydroxyl groups excluding tert-OH is 1. The smallest absolute Gasteiger partial charge is 0.364 e. The molecule has 1 unspecified atom stereocenters. The predicted octanol–water partition coefficient (Wildman–Crippen LogP) is 4.88. The number of carbonyl (C=O) groups is 1. The summed E-state index contributed by atoms with van der Waals surface area (Å²) in [4.78, 5) is 11.0. The van der Waals surface area contributed by atoms with Gasteiger partial charge in [-0.25, -0.2) is 4.79 Å². The minimum atomic E-state index is -2.06. The fraction of sp³-hybridized carbons (Fsp3) is 0.957. The van der Waals surface area contributed by atoms with E-state index in [-0.39, 0.29) is 12.5 Å². The van der Waals surface area contributed by atoms with Crippen molar-refractivity contribution in [3.05, 3.63) is 0 Å². The monoisotopic (exact) mass is 398 g/mol. The lowest BCUT2D eigenvalue weighted by Gasteiger charge is -2.24. The van der Waals surface area contributed by atoms with E-state index in [0.717, 1.165) is 38.0 Å². The first kappa shape index (κ1) is 23.6. The molecule has 2 aliphatic carbocycles. The molecule has 0 aromatic heterocycles. The Kier molecular flexibility index (Phi) is 10.2. The van der Waals surface area contributed by atoms with Crippen LogP contribution >= 0.6 is 0 Å². The Hall–Kier alpha value is -0.650. The third kappa shape index (κ3) is 7.31. The molecule has 0 heterocycles. The zero-order valence-electron chi connectivity index (χ0n) is 17.8. The third-order valence-corrected chi connectivity index (χ3v) is 7.32. The molecule has 0 aromatic rings. The van der Waals surface area contributed by atoms with Crippen LogP contribution in [0.1, 0.15) is 103 Å². The molecule has 5 nitrogen and oxygen atoms in total. The predicted molar refractivity (Wildman–Crippen MR) is 110 cm³/mol. The average Bonchev–Trinajstić information content (AvgIpc) is 2.87. The third-order valence-electron chi connectivity index (χ3n) is 7.32. The Morgan fingerprint density at radius 1 is 0.929 bits per heavy atom. The lowest BCUT2D eigenvalue weighted by molar-refractivity contribution is -0.216. The summed E-state index contributed by atoms with van der Waals surface area (Å²) in [7, 11) is 1.22. The normalized spacial score (nSPS) is 28.8. The molecule has 2 saturated carbocycles. The molecule has 0 aromatic carbocycles. The van der Waals surface area contributed by atoms with Crippen molar-refractivity contribution in [1.29, 1.82) is 0 Å². The van der Waals surface area contributed by atoms with Gasteiger partial charge in [0.15, 0.2) is 0 Å². The van der Waals surface area contributed by atoms with Crippen LogP contribution in [-0.2, 0) is 9.53 Å². The summed E-state index contributed by atoms with van der Waals surface area (Å²) >= 11 is 0. The number of hydrogen-bond donors (Lipinski definition) is 3. The van der Waals surface area contributed by atoms with Crippen molar-refractivity contribution in [1.82, 2.24) is 0 Å². The summed E-state index contributed by atoms with van der Waals surface area (Å²) in [5, 5.41) is 29.3. The maximum absolute atomic E-state index is 11.0. The lowest BCUT2D eigenvalue weighted by Crippen LogP contribution is -2.40. The minimum absolute atomic E-state index is 0.108. The molecule has 0 amide bonds. The largest absolute Gasteiger partial charge is 0.477 e. The van der Waals surface area contributed by atoms with Crippen LogP contribution in [0.4, 0.5) is 0 Å². The summed E-state index contributed by atoms with van der Waals surface area (Å²) in [6.45, 7) is 0. The van der Waals surface area contributed by atoms with Crippen molar-refractivity contribution in [2.75, 3.05) is 7.11 Å². The maximum atomic E-state index is 11.0. The standard InChI is InChI=1S/C23H42O5/c1-28-23(27,22(25)26)17-8-4-7-14-20-19(15-16-21(20)24)13-9-12-18-10-5-2-3-6-11-18/h18-21,24,27H,2-17H2,1H3,(H,25,26)/t19-,20+,21-,23?/m0/s1. The van der Waals surface area contributed by atoms with Gasteiger partial charge < -0.3 is 20.1 Å². The summed E-state index contributed by atoms with van der Waals surface area (Å²) in [5.74, 6) is -1.41. The highest BCUT2D eigenvalue weighted by atomic mass is 16.6. The highest BCUT2D eigenvalue weighted by Gasteiger charge is 2.36. The van der Waals surface area contributed by atoms with Gasteiger partial charge in [0.1, 0.15) is 0 Å². The van der Waals surface area contributed by atoms with Crippen LogP contribution in [-0.4, -0.2) is 40.3 Å². The van der Waals surface area contributed by atoms with E-state index >= 15 is 0 Å². The number of hydrogen-bond acceptors (Lipinski definition) is 4. The number of carboxylic acid groups (broad SMARTS) is 1. The van der Waals surface area contributed by atoms with Gasteiger partial charge in [0.25, 0.3) is 5.79 Å². The van der Waals surface area contributed by atoms with E-state index in [9.17, 15) is 15.0 Å². The van der Waals surface area contributed by atoms with E-state index in [0.29, 0.717) is 18.3 Å². The Balaban J connectivity index is 1.64. The van der Waals surface area contributed by atoms with E-state index < -0.39 is 11.8 Å². The van der Waals surface area contributed by atoms with Gasteiger partial charge >= 0.3 is 5.97 Å². The zero-order chi connectivity index (χ0) is 20.4. The second-order valence-corrected chi connectivity index (χ2v) is 9.25. The van der Waals surface area contributed by atoms with E-state index in [1.54, 1.807) is 0 Å². The number of aliphatic carboxylic acids is 1. The van der Waals surface area contributed by atoms with E-state index in [4.69, 9.17) is 9.84 Å². The highest BCUT2D eigenvalue weighted by molar-refractivity contribution is 5.75. The molecule has 0 saturated heterocycles. The topological polar surface area (TPSA) is 87.0 Å². The Labute approximate surface area is 170 Å². The lowest BCUT2D eigenvalue weighted by atomic mass is 9.84. The van der Waals surface area contributed by atoms with Gasteiger partial charge in [0.2, 0.25) is 0 Å². The van der Waals surface area contributed by atoms with Crippen LogP contribution in [0.5, 0.6) is 0 Å². The molecule has 0 bridgehead atoms. The molecule has 0 aliphatic heterocycles. The molecule has 5 heteroatoms. The number of rotatable bonds is 12. The van der Waals surface area contributed by atoms with Crippen molar-refractivity contribution in [3.8, 4) is 0 Å². The number of unbranched alkanes of at least 4 members (excludes halogenated alkanes) is 2. The maximum Gasteiger partial charge on any atom is 0.364 e. The molecule has 28 heavy (non-hydrogen) atoms. The molecule has 4 atom stereocenters. The van der Waals surface area contributed by atoms with Gasteiger partial charge in [-0.3, -0.25) is 0 Å². The van der Waals surface area contributed by atoms with Gasteiger partial charge in [-0.15, -0.1) is 0 Å². The van der Waals surface area contributed by atoms with Gasteiger partial charge in [0, 0.05) is 13.5 Å².